The van der Waals surface area contributed by atoms with Crippen molar-refractivity contribution in [1.82, 2.24) is 5.32 Å². The van der Waals surface area contributed by atoms with Crippen LogP contribution in [0, 0.1) is 12.7 Å². The minimum atomic E-state index is -0.188. The summed E-state index contributed by atoms with van der Waals surface area (Å²) in [6, 6.07) is 3.20. The SMILES string of the molecule is CCC1Oc2c(C)cc(F)cc2C1NC. The Balaban J connectivity index is 2.47. The van der Waals surface area contributed by atoms with E-state index < -0.39 is 0 Å². The van der Waals surface area contributed by atoms with Crippen LogP contribution in [0.15, 0.2) is 12.1 Å². The number of hydrogen-bond donors (Lipinski definition) is 1. The smallest absolute Gasteiger partial charge is 0.127 e. The van der Waals surface area contributed by atoms with Crippen LogP contribution in [-0.2, 0) is 0 Å². The predicted molar refractivity (Wildman–Crippen MR) is 57.6 cm³/mol. The van der Waals surface area contributed by atoms with E-state index in [1.54, 1.807) is 6.07 Å². The normalized spacial score (nSPS) is 23.7. The number of fused-ring (bicyclic) bond motifs is 1. The summed E-state index contributed by atoms with van der Waals surface area (Å²) in [5.74, 6) is 0.662. The van der Waals surface area contributed by atoms with Crippen molar-refractivity contribution in [2.24, 2.45) is 0 Å². The van der Waals surface area contributed by atoms with E-state index in [-0.39, 0.29) is 18.0 Å². The van der Waals surface area contributed by atoms with E-state index in [0.29, 0.717) is 0 Å². The average molecular weight is 209 g/mol. The summed E-state index contributed by atoms with van der Waals surface area (Å²) in [6.07, 6.45) is 1.03. The van der Waals surface area contributed by atoms with Gasteiger partial charge in [0.2, 0.25) is 0 Å². The molecule has 0 amide bonds. The molecule has 1 N–H and O–H groups in total. The van der Waals surface area contributed by atoms with Crippen molar-refractivity contribution in [3.63, 3.8) is 0 Å². The molecule has 1 aliphatic heterocycles. The summed E-state index contributed by atoms with van der Waals surface area (Å²) in [6.45, 7) is 3.96. The van der Waals surface area contributed by atoms with Gasteiger partial charge in [-0.25, -0.2) is 4.39 Å². The summed E-state index contributed by atoms with van der Waals surface area (Å²) in [4.78, 5) is 0. The molecular weight excluding hydrogens is 193 g/mol. The second-order valence-electron chi connectivity index (χ2n) is 3.97. The van der Waals surface area contributed by atoms with Crippen LogP contribution in [0.4, 0.5) is 4.39 Å². The molecule has 1 aromatic rings. The van der Waals surface area contributed by atoms with Crippen molar-refractivity contribution in [1.29, 1.82) is 0 Å². The molecule has 0 spiro atoms. The first-order valence-electron chi connectivity index (χ1n) is 5.31. The van der Waals surface area contributed by atoms with Gasteiger partial charge in [-0.2, -0.15) is 0 Å². The van der Waals surface area contributed by atoms with Gasteiger partial charge in [-0.1, -0.05) is 6.92 Å². The summed E-state index contributed by atoms with van der Waals surface area (Å²) in [5.41, 5.74) is 1.82. The molecular formula is C12H16FNO. The molecule has 0 radical (unpaired) electrons. The molecule has 1 aliphatic rings. The second-order valence-corrected chi connectivity index (χ2v) is 3.97. The quantitative estimate of drug-likeness (QED) is 0.808. The second kappa shape index (κ2) is 3.81. The Kier molecular flexibility index (Phi) is 2.65. The first kappa shape index (κ1) is 10.4. The van der Waals surface area contributed by atoms with Crippen LogP contribution in [0.25, 0.3) is 0 Å². The zero-order valence-electron chi connectivity index (χ0n) is 9.30. The van der Waals surface area contributed by atoms with Gasteiger partial charge in [-0.15, -0.1) is 0 Å². The highest BCUT2D eigenvalue weighted by Gasteiger charge is 2.33. The summed E-state index contributed by atoms with van der Waals surface area (Å²) >= 11 is 0. The first-order valence-corrected chi connectivity index (χ1v) is 5.31. The van der Waals surface area contributed by atoms with Crippen LogP contribution >= 0.6 is 0 Å². The Morgan fingerprint density at radius 3 is 2.80 bits per heavy atom. The lowest BCUT2D eigenvalue weighted by atomic mass is 10.0. The molecule has 0 fully saturated rings. The molecule has 0 aromatic heterocycles. The van der Waals surface area contributed by atoms with E-state index in [4.69, 9.17) is 4.74 Å². The predicted octanol–water partition coefficient (Wildman–Crippen LogP) is 2.57. The number of nitrogens with one attached hydrogen (secondary N) is 1. The largest absolute Gasteiger partial charge is 0.488 e. The van der Waals surface area contributed by atoms with Crippen LogP contribution in [0.5, 0.6) is 5.75 Å². The van der Waals surface area contributed by atoms with E-state index in [1.807, 2.05) is 14.0 Å². The van der Waals surface area contributed by atoms with E-state index >= 15 is 0 Å². The van der Waals surface area contributed by atoms with Gasteiger partial charge in [-0.05, 0) is 38.1 Å². The van der Waals surface area contributed by atoms with Crippen LogP contribution in [0.2, 0.25) is 0 Å². The minimum absolute atomic E-state index is 0.111. The van der Waals surface area contributed by atoms with Gasteiger partial charge in [0, 0.05) is 5.56 Å². The van der Waals surface area contributed by atoms with Crippen molar-refractivity contribution in [3.8, 4) is 5.75 Å². The highest BCUT2D eigenvalue weighted by Crippen LogP contribution is 2.40. The molecule has 0 aliphatic carbocycles. The maximum absolute atomic E-state index is 13.3. The van der Waals surface area contributed by atoms with E-state index in [9.17, 15) is 4.39 Å². The molecule has 1 aromatic carbocycles. The van der Waals surface area contributed by atoms with Gasteiger partial charge in [0.05, 0.1) is 6.04 Å². The fourth-order valence-electron chi connectivity index (χ4n) is 2.23. The molecule has 2 nitrogen and oxygen atoms in total. The monoisotopic (exact) mass is 209 g/mol. The maximum atomic E-state index is 13.3. The lowest BCUT2D eigenvalue weighted by molar-refractivity contribution is 0.188. The summed E-state index contributed by atoms with van der Waals surface area (Å²) < 4.78 is 19.1. The van der Waals surface area contributed by atoms with Crippen LogP contribution in [0.3, 0.4) is 0 Å². The average Bonchev–Trinajstić information content (AvgIpc) is 2.55. The van der Waals surface area contributed by atoms with Crippen molar-refractivity contribution in [3.05, 3.63) is 29.1 Å². The zero-order chi connectivity index (χ0) is 11.0. The van der Waals surface area contributed by atoms with E-state index in [2.05, 4.69) is 12.2 Å². The molecule has 2 unspecified atom stereocenters. The third-order valence-electron chi connectivity index (χ3n) is 2.96. The third kappa shape index (κ3) is 1.61. The molecule has 2 rings (SSSR count). The fourth-order valence-corrected chi connectivity index (χ4v) is 2.23. The van der Waals surface area contributed by atoms with Crippen molar-refractivity contribution >= 4 is 0 Å². The molecule has 0 saturated carbocycles. The Bertz CT molecular complexity index is 378. The summed E-state index contributed by atoms with van der Waals surface area (Å²) in [7, 11) is 1.88. The number of ether oxygens (including phenoxy) is 1. The zero-order valence-corrected chi connectivity index (χ0v) is 9.30. The summed E-state index contributed by atoms with van der Waals surface area (Å²) in [5, 5.41) is 3.18. The van der Waals surface area contributed by atoms with Gasteiger partial charge in [0.25, 0.3) is 0 Å². The highest BCUT2D eigenvalue weighted by atomic mass is 19.1. The van der Waals surface area contributed by atoms with Crippen LogP contribution < -0.4 is 10.1 Å². The van der Waals surface area contributed by atoms with E-state index in [1.165, 1.54) is 6.07 Å². The van der Waals surface area contributed by atoms with Gasteiger partial charge in [0.15, 0.2) is 0 Å². The number of aryl methyl sites for hydroxylation is 1. The molecule has 15 heavy (non-hydrogen) atoms. The first-order chi connectivity index (χ1) is 7.17. The Morgan fingerprint density at radius 1 is 1.47 bits per heavy atom. The van der Waals surface area contributed by atoms with Crippen molar-refractivity contribution < 1.29 is 9.13 Å². The van der Waals surface area contributed by atoms with Gasteiger partial charge < -0.3 is 10.1 Å². The standard InChI is InChI=1S/C12H16FNO/c1-4-10-11(14-3)9-6-8(13)5-7(2)12(9)15-10/h5-6,10-11,14H,4H2,1-3H3. The van der Waals surface area contributed by atoms with Crippen LogP contribution in [-0.4, -0.2) is 13.2 Å². The Labute approximate surface area is 89.4 Å². The highest BCUT2D eigenvalue weighted by molar-refractivity contribution is 5.46. The molecule has 82 valence electrons. The van der Waals surface area contributed by atoms with Gasteiger partial charge in [-0.3, -0.25) is 0 Å². The molecule has 0 saturated heterocycles. The Hall–Kier alpha value is -1.09. The number of likely N-dealkylation sites (N-methyl/N-ethyl adjacent to an activating group) is 1. The third-order valence-corrected chi connectivity index (χ3v) is 2.96. The Morgan fingerprint density at radius 2 is 2.20 bits per heavy atom. The number of rotatable bonds is 2. The van der Waals surface area contributed by atoms with E-state index in [0.717, 1.165) is 23.3 Å². The number of benzene rings is 1. The van der Waals surface area contributed by atoms with Crippen molar-refractivity contribution in [2.75, 3.05) is 7.05 Å². The van der Waals surface area contributed by atoms with Gasteiger partial charge in [0.1, 0.15) is 17.7 Å². The molecule has 3 heteroatoms. The van der Waals surface area contributed by atoms with Crippen LogP contribution in [0.1, 0.15) is 30.5 Å². The maximum Gasteiger partial charge on any atom is 0.127 e. The number of halogens is 1. The number of hydrogen-bond acceptors (Lipinski definition) is 2. The van der Waals surface area contributed by atoms with Gasteiger partial charge >= 0.3 is 0 Å². The lowest BCUT2D eigenvalue weighted by Crippen LogP contribution is -2.27. The molecule has 0 bridgehead atoms. The van der Waals surface area contributed by atoms with Crippen molar-refractivity contribution in [2.45, 2.75) is 32.4 Å². The minimum Gasteiger partial charge on any atom is -0.488 e. The molecule has 2 atom stereocenters. The fraction of sp³-hybridized carbons (Fsp3) is 0.500. The lowest BCUT2D eigenvalue weighted by Gasteiger charge is -2.16. The topological polar surface area (TPSA) is 21.3 Å². The molecule has 1 heterocycles.